The van der Waals surface area contributed by atoms with Crippen molar-refractivity contribution in [3.05, 3.63) is 174 Å². The number of allylic oxidation sites excluding steroid dienone is 1. The average Bonchev–Trinajstić information content (AvgIpc) is 3.53. The normalized spacial score (nSPS) is 12.8. The Labute approximate surface area is 300 Å². The summed E-state index contributed by atoms with van der Waals surface area (Å²) >= 11 is 0. The van der Waals surface area contributed by atoms with Gasteiger partial charge in [-0.2, -0.15) is 0 Å². The number of hydrogen-bond acceptors (Lipinski definition) is 1. The maximum absolute atomic E-state index is 15.6. The Kier molecular flexibility index (Phi) is 6.95. The Morgan fingerprint density at radius 1 is 0.509 bits per heavy atom. The second kappa shape index (κ2) is 11.8. The standard InChI is InChI=1S/C46H27F5N2/c47-40-41(48)43(50)46(44(51)42(40)49)53-37-14-8-7-13-33(37)36-25-28-19-23-34-32(22-17-27-18-24-35(45(36)53)39(28)38(27)34)26-15-20-31(21-16-26)52(29-9-3-1-4-10-29)30-11-5-2-6-12-30/h1-7,9-13,15-25H,8,14H2. The van der Waals surface area contributed by atoms with Gasteiger partial charge in [-0.05, 0) is 93.4 Å². The molecule has 0 N–H and O–H groups in total. The number of hydrogen-bond donors (Lipinski definition) is 0. The minimum Gasteiger partial charge on any atom is -0.311 e. The molecule has 1 aliphatic rings. The fourth-order valence-electron chi connectivity index (χ4n) is 8.25. The number of para-hydroxylation sites is 2. The molecule has 53 heavy (non-hydrogen) atoms. The van der Waals surface area contributed by atoms with Crippen molar-refractivity contribution in [2.45, 2.75) is 12.8 Å². The van der Waals surface area contributed by atoms with Crippen LogP contribution in [0.25, 0.3) is 66.1 Å². The van der Waals surface area contributed by atoms with E-state index in [-0.39, 0.29) is 0 Å². The van der Waals surface area contributed by atoms with Crippen molar-refractivity contribution >= 4 is 66.4 Å². The average molecular weight is 703 g/mol. The van der Waals surface area contributed by atoms with Crippen LogP contribution < -0.4 is 4.90 Å². The van der Waals surface area contributed by atoms with Gasteiger partial charge in [0, 0.05) is 39.1 Å². The van der Waals surface area contributed by atoms with Gasteiger partial charge in [-0.1, -0.05) is 97.1 Å². The third-order valence-corrected chi connectivity index (χ3v) is 10.6. The predicted octanol–water partition coefficient (Wildman–Crippen LogP) is 13.3. The molecule has 10 rings (SSSR count). The van der Waals surface area contributed by atoms with Gasteiger partial charge < -0.3 is 9.47 Å². The van der Waals surface area contributed by atoms with Crippen molar-refractivity contribution in [1.82, 2.24) is 4.57 Å². The highest BCUT2D eigenvalue weighted by atomic mass is 19.2. The van der Waals surface area contributed by atoms with Crippen LogP contribution in [0.1, 0.15) is 17.7 Å². The Bertz CT molecular complexity index is 2860. The summed E-state index contributed by atoms with van der Waals surface area (Å²) in [5, 5.41) is 6.02. The molecule has 1 aliphatic carbocycles. The van der Waals surface area contributed by atoms with E-state index in [0.29, 0.717) is 40.4 Å². The van der Waals surface area contributed by atoms with Crippen LogP contribution in [0.2, 0.25) is 0 Å². The molecule has 0 bridgehead atoms. The molecule has 1 aromatic heterocycles. The molecule has 7 heteroatoms. The summed E-state index contributed by atoms with van der Waals surface area (Å²) in [4.78, 5) is 2.20. The zero-order valence-corrected chi connectivity index (χ0v) is 28.0. The van der Waals surface area contributed by atoms with Gasteiger partial charge in [0.15, 0.2) is 23.3 Å². The highest BCUT2D eigenvalue weighted by Gasteiger charge is 2.31. The number of fused-ring (bicyclic) bond motifs is 4. The Balaban J connectivity index is 1.20. The summed E-state index contributed by atoms with van der Waals surface area (Å²) in [6.45, 7) is 0. The maximum Gasteiger partial charge on any atom is 0.200 e. The first kappa shape index (κ1) is 31.3. The minimum absolute atomic E-state index is 0.373. The van der Waals surface area contributed by atoms with Crippen LogP contribution in [0, 0.1) is 29.1 Å². The molecule has 8 aromatic carbocycles. The second-order valence-electron chi connectivity index (χ2n) is 13.4. The van der Waals surface area contributed by atoms with Crippen LogP contribution in [0.5, 0.6) is 0 Å². The molecule has 0 amide bonds. The molecular weight excluding hydrogens is 676 g/mol. The van der Waals surface area contributed by atoms with E-state index in [4.69, 9.17) is 0 Å². The first-order valence-electron chi connectivity index (χ1n) is 17.4. The van der Waals surface area contributed by atoms with Crippen molar-refractivity contribution in [2.75, 3.05) is 4.90 Å². The maximum atomic E-state index is 15.6. The largest absolute Gasteiger partial charge is 0.311 e. The molecular formula is C46H27F5N2. The molecule has 256 valence electrons. The second-order valence-corrected chi connectivity index (χ2v) is 13.4. The number of benzene rings is 8. The van der Waals surface area contributed by atoms with Crippen molar-refractivity contribution in [2.24, 2.45) is 0 Å². The molecule has 9 aromatic rings. The SMILES string of the molecule is Fc1c(F)c(F)c(-n2c3c(c4cc5ccc6c(-c7ccc(N(c8ccccc8)c8ccccc8)cc7)ccc7ccc(c5c76)c42)C=CCC3)c(F)c1F. The molecule has 0 saturated carbocycles. The number of rotatable bonds is 5. The van der Waals surface area contributed by atoms with Crippen LogP contribution in [0.4, 0.5) is 39.0 Å². The van der Waals surface area contributed by atoms with E-state index in [1.54, 1.807) is 0 Å². The van der Waals surface area contributed by atoms with E-state index in [1.165, 1.54) is 4.57 Å². The topological polar surface area (TPSA) is 8.17 Å². The predicted molar refractivity (Wildman–Crippen MR) is 204 cm³/mol. The van der Waals surface area contributed by atoms with Gasteiger partial charge in [0.25, 0.3) is 0 Å². The smallest absolute Gasteiger partial charge is 0.200 e. The van der Waals surface area contributed by atoms with Gasteiger partial charge in [0.2, 0.25) is 5.82 Å². The van der Waals surface area contributed by atoms with E-state index in [2.05, 4.69) is 71.6 Å². The lowest BCUT2D eigenvalue weighted by Crippen LogP contribution is -2.12. The Morgan fingerprint density at radius 3 is 1.75 bits per heavy atom. The molecule has 0 spiro atoms. The molecule has 0 saturated heterocycles. The third kappa shape index (κ3) is 4.56. The van der Waals surface area contributed by atoms with Crippen molar-refractivity contribution in [3.63, 3.8) is 0 Å². The van der Waals surface area contributed by atoms with Gasteiger partial charge in [-0.3, -0.25) is 0 Å². The van der Waals surface area contributed by atoms with Crippen molar-refractivity contribution in [3.8, 4) is 16.8 Å². The van der Waals surface area contributed by atoms with Crippen LogP contribution in [-0.2, 0) is 6.42 Å². The summed E-state index contributed by atoms with van der Waals surface area (Å²) in [5.41, 5.74) is 5.73. The first-order valence-corrected chi connectivity index (χ1v) is 17.4. The molecule has 0 atom stereocenters. The highest BCUT2D eigenvalue weighted by Crippen LogP contribution is 2.46. The molecule has 0 aliphatic heterocycles. The zero-order valence-electron chi connectivity index (χ0n) is 28.0. The fourth-order valence-corrected chi connectivity index (χ4v) is 8.25. The minimum atomic E-state index is -2.18. The summed E-state index contributed by atoms with van der Waals surface area (Å²) < 4.78 is 76.2. The van der Waals surface area contributed by atoms with Crippen LogP contribution in [0.3, 0.4) is 0 Å². The van der Waals surface area contributed by atoms with E-state index in [9.17, 15) is 13.2 Å². The summed E-state index contributed by atoms with van der Waals surface area (Å²) in [7, 11) is 0. The zero-order chi connectivity index (χ0) is 36.0. The van der Waals surface area contributed by atoms with E-state index in [0.717, 1.165) is 55.1 Å². The van der Waals surface area contributed by atoms with Crippen LogP contribution in [0.15, 0.2) is 133 Å². The van der Waals surface area contributed by atoms with Crippen molar-refractivity contribution < 1.29 is 22.0 Å². The molecule has 1 heterocycles. The lowest BCUT2D eigenvalue weighted by Gasteiger charge is -2.25. The summed E-state index contributed by atoms with van der Waals surface area (Å²) in [6, 6.07) is 42.9. The van der Waals surface area contributed by atoms with E-state index < -0.39 is 34.8 Å². The first-order chi connectivity index (χ1) is 25.9. The monoisotopic (exact) mass is 702 g/mol. The number of nitrogens with zero attached hydrogens (tertiary/aromatic N) is 2. The molecule has 2 nitrogen and oxygen atoms in total. The van der Waals surface area contributed by atoms with Gasteiger partial charge in [0.05, 0.1) is 5.52 Å². The fraction of sp³-hybridized carbons (Fsp3) is 0.0435. The summed E-state index contributed by atoms with van der Waals surface area (Å²) in [5.74, 6) is -9.82. The lowest BCUT2D eigenvalue weighted by molar-refractivity contribution is 0.375. The van der Waals surface area contributed by atoms with Crippen LogP contribution >= 0.6 is 0 Å². The Morgan fingerprint density at radius 2 is 1.08 bits per heavy atom. The third-order valence-electron chi connectivity index (χ3n) is 10.6. The lowest BCUT2D eigenvalue weighted by atomic mass is 9.88. The quantitative estimate of drug-likeness (QED) is 0.0750. The Hall–Kier alpha value is -6.47. The van der Waals surface area contributed by atoms with Gasteiger partial charge >= 0.3 is 0 Å². The number of halogens is 5. The van der Waals surface area contributed by atoms with E-state index >= 15 is 8.78 Å². The molecule has 0 fully saturated rings. The van der Waals surface area contributed by atoms with Crippen LogP contribution in [-0.4, -0.2) is 4.57 Å². The van der Waals surface area contributed by atoms with Gasteiger partial charge in [-0.25, -0.2) is 22.0 Å². The summed E-state index contributed by atoms with van der Waals surface area (Å²) in [6.07, 6.45) is 4.77. The molecule has 0 unspecified atom stereocenters. The number of aromatic nitrogens is 1. The van der Waals surface area contributed by atoms with Crippen molar-refractivity contribution in [1.29, 1.82) is 0 Å². The van der Waals surface area contributed by atoms with E-state index in [1.807, 2.05) is 72.8 Å². The van der Waals surface area contributed by atoms with Gasteiger partial charge in [0.1, 0.15) is 5.69 Å². The van der Waals surface area contributed by atoms with Gasteiger partial charge in [-0.15, -0.1) is 0 Å². The highest BCUT2D eigenvalue weighted by molar-refractivity contribution is 6.31. The number of anilines is 3. The molecule has 0 radical (unpaired) electrons.